The Morgan fingerprint density at radius 1 is 1.11 bits per heavy atom. The van der Waals surface area contributed by atoms with Gasteiger partial charge in [-0.3, -0.25) is 0 Å². The molecule has 0 saturated carbocycles. The summed E-state index contributed by atoms with van der Waals surface area (Å²) >= 11 is 3.39. The van der Waals surface area contributed by atoms with Gasteiger partial charge >= 0.3 is 0 Å². The Morgan fingerprint density at radius 3 is 2.50 bits per heavy atom. The number of nitrogens with one attached hydrogen (secondary N) is 1. The van der Waals surface area contributed by atoms with Crippen molar-refractivity contribution >= 4 is 27.3 Å². The summed E-state index contributed by atoms with van der Waals surface area (Å²) in [4.78, 5) is 0. The van der Waals surface area contributed by atoms with Gasteiger partial charge < -0.3 is 5.32 Å². The lowest BCUT2D eigenvalue weighted by atomic mass is 10.1. The molecule has 2 aromatic rings. The highest BCUT2D eigenvalue weighted by Crippen LogP contribution is 2.25. The molecule has 0 spiro atoms. The van der Waals surface area contributed by atoms with Crippen molar-refractivity contribution in [1.82, 2.24) is 0 Å². The molecule has 2 rings (SSSR count). The average Bonchev–Trinajstić information content (AvgIpc) is 2.33. The standard InChI is InChI=1S/C15H13BrN2/c1-10-3-6-15(11(2)7-10)18-13-5-4-12(9-17)14(16)8-13/h3-8,18H,1-2H3. The average molecular weight is 301 g/mol. The summed E-state index contributed by atoms with van der Waals surface area (Å²) in [5, 5.41) is 12.2. The van der Waals surface area contributed by atoms with Gasteiger partial charge in [-0.25, -0.2) is 0 Å². The molecule has 2 nitrogen and oxygen atoms in total. The van der Waals surface area contributed by atoms with Gasteiger partial charge in [0, 0.05) is 15.8 Å². The monoisotopic (exact) mass is 300 g/mol. The molecule has 90 valence electrons. The second kappa shape index (κ2) is 5.24. The highest BCUT2D eigenvalue weighted by atomic mass is 79.9. The largest absolute Gasteiger partial charge is 0.355 e. The second-order valence-corrected chi connectivity index (χ2v) is 5.10. The third-order valence-electron chi connectivity index (χ3n) is 2.75. The number of aryl methyl sites for hydroxylation is 2. The van der Waals surface area contributed by atoms with E-state index in [0.29, 0.717) is 5.56 Å². The molecule has 18 heavy (non-hydrogen) atoms. The van der Waals surface area contributed by atoms with Crippen LogP contribution in [0.5, 0.6) is 0 Å². The first-order valence-corrected chi connectivity index (χ1v) is 6.43. The van der Waals surface area contributed by atoms with Crippen LogP contribution in [0.1, 0.15) is 16.7 Å². The first-order chi connectivity index (χ1) is 8.60. The molecule has 2 aromatic carbocycles. The maximum Gasteiger partial charge on any atom is 0.100 e. The number of hydrogen-bond donors (Lipinski definition) is 1. The number of nitrogens with zero attached hydrogens (tertiary/aromatic N) is 1. The molecule has 1 N–H and O–H groups in total. The van der Waals surface area contributed by atoms with Crippen LogP contribution in [0, 0.1) is 25.2 Å². The van der Waals surface area contributed by atoms with Gasteiger partial charge in [0.25, 0.3) is 0 Å². The summed E-state index contributed by atoms with van der Waals surface area (Å²) in [6, 6.07) is 14.0. The van der Waals surface area contributed by atoms with E-state index >= 15 is 0 Å². The molecule has 0 unspecified atom stereocenters. The number of benzene rings is 2. The van der Waals surface area contributed by atoms with Crippen molar-refractivity contribution in [2.45, 2.75) is 13.8 Å². The molecule has 0 aromatic heterocycles. The lowest BCUT2D eigenvalue weighted by Gasteiger charge is -2.11. The van der Waals surface area contributed by atoms with Crippen molar-refractivity contribution in [1.29, 1.82) is 5.26 Å². The first-order valence-electron chi connectivity index (χ1n) is 5.64. The Balaban J connectivity index is 2.29. The topological polar surface area (TPSA) is 35.8 Å². The Morgan fingerprint density at radius 2 is 1.89 bits per heavy atom. The van der Waals surface area contributed by atoms with Gasteiger partial charge in [0.15, 0.2) is 0 Å². The number of rotatable bonds is 2. The maximum absolute atomic E-state index is 8.87. The van der Waals surface area contributed by atoms with Gasteiger partial charge in [0.1, 0.15) is 6.07 Å². The second-order valence-electron chi connectivity index (χ2n) is 4.25. The van der Waals surface area contributed by atoms with Gasteiger partial charge in [-0.1, -0.05) is 17.7 Å². The third-order valence-corrected chi connectivity index (χ3v) is 3.41. The van der Waals surface area contributed by atoms with Crippen LogP contribution in [0.2, 0.25) is 0 Å². The minimum absolute atomic E-state index is 0.640. The van der Waals surface area contributed by atoms with Crippen molar-refractivity contribution < 1.29 is 0 Å². The van der Waals surface area contributed by atoms with Crippen molar-refractivity contribution in [3.63, 3.8) is 0 Å². The normalized spacial score (nSPS) is 9.89. The van der Waals surface area contributed by atoms with Crippen molar-refractivity contribution in [3.8, 4) is 6.07 Å². The predicted molar refractivity (Wildman–Crippen MR) is 78.1 cm³/mol. The van der Waals surface area contributed by atoms with Crippen LogP contribution in [0.25, 0.3) is 0 Å². The highest BCUT2D eigenvalue weighted by Gasteiger charge is 2.02. The summed E-state index contributed by atoms with van der Waals surface area (Å²) in [5.74, 6) is 0. The Hall–Kier alpha value is -1.79. The number of nitriles is 1. The Bertz CT molecular complexity index is 627. The van der Waals surface area contributed by atoms with Crippen molar-refractivity contribution in [3.05, 3.63) is 57.6 Å². The summed E-state index contributed by atoms with van der Waals surface area (Å²) in [5.41, 5.74) is 5.14. The lowest BCUT2D eigenvalue weighted by molar-refractivity contribution is 1.36. The van der Waals surface area contributed by atoms with Crippen LogP contribution in [0.3, 0.4) is 0 Å². The quantitative estimate of drug-likeness (QED) is 0.874. The van der Waals surface area contributed by atoms with E-state index in [1.165, 1.54) is 11.1 Å². The van der Waals surface area contributed by atoms with Crippen LogP contribution in [0.15, 0.2) is 40.9 Å². The van der Waals surface area contributed by atoms with E-state index in [-0.39, 0.29) is 0 Å². The number of halogens is 1. The van der Waals surface area contributed by atoms with Crippen LogP contribution in [0.4, 0.5) is 11.4 Å². The summed E-state index contributed by atoms with van der Waals surface area (Å²) in [6.07, 6.45) is 0. The molecule has 0 amide bonds. The zero-order valence-electron chi connectivity index (χ0n) is 10.3. The first kappa shape index (κ1) is 12.7. The molecule has 0 aliphatic rings. The molecule has 0 aliphatic carbocycles. The van der Waals surface area contributed by atoms with Crippen LogP contribution in [-0.4, -0.2) is 0 Å². The fraction of sp³-hybridized carbons (Fsp3) is 0.133. The highest BCUT2D eigenvalue weighted by molar-refractivity contribution is 9.10. The van der Waals surface area contributed by atoms with Crippen LogP contribution >= 0.6 is 15.9 Å². The molecule has 0 radical (unpaired) electrons. The minimum atomic E-state index is 0.640. The van der Waals surface area contributed by atoms with Gasteiger partial charge in [-0.15, -0.1) is 0 Å². The maximum atomic E-state index is 8.87. The van der Waals surface area contributed by atoms with Gasteiger partial charge in [0.2, 0.25) is 0 Å². The van der Waals surface area contributed by atoms with Crippen LogP contribution < -0.4 is 5.32 Å². The zero-order chi connectivity index (χ0) is 13.1. The number of hydrogen-bond acceptors (Lipinski definition) is 2. The smallest absolute Gasteiger partial charge is 0.100 e. The predicted octanol–water partition coefficient (Wildman–Crippen LogP) is 4.68. The summed E-state index contributed by atoms with van der Waals surface area (Å²) in [7, 11) is 0. The van der Waals surface area contributed by atoms with Crippen molar-refractivity contribution in [2.75, 3.05) is 5.32 Å². The molecule has 0 fully saturated rings. The molecule has 0 aliphatic heterocycles. The lowest BCUT2D eigenvalue weighted by Crippen LogP contribution is -1.94. The van der Waals surface area contributed by atoms with Gasteiger partial charge in [-0.05, 0) is 59.6 Å². The van der Waals surface area contributed by atoms with E-state index in [2.05, 4.69) is 59.4 Å². The molecule has 0 heterocycles. The SMILES string of the molecule is Cc1ccc(Nc2ccc(C#N)c(Br)c2)c(C)c1. The third kappa shape index (κ3) is 2.72. The minimum Gasteiger partial charge on any atom is -0.355 e. The zero-order valence-corrected chi connectivity index (χ0v) is 11.9. The summed E-state index contributed by atoms with van der Waals surface area (Å²) in [6.45, 7) is 4.16. The summed E-state index contributed by atoms with van der Waals surface area (Å²) < 4.78 is 0.805. The van der Waals surface area contributed by atoms with E-state index in [9.17, 15) is 0 Å². The van der Waals surface area contributed by atoms with Crippen LogP contribution in [-0.2, 0) is 0 Å². The molecule has 0 bridgehead atoms. The number of anilines is 2. The molecular formula is C15H13BrN2. The van der Waals surface area contributed by atoms with E-state index in [0.717, 1.165) is 15.8 Å². The van der Waals surface area contributed by atoms with E-state index < -0.39 is 0 Å². The van der Waals surface area contributed by atoms with Gasteiger partial charge in [0.05, 0.1) is 5.56 Å². The van der Waals surface area contributed by atoms with Crippen molar-refractivity contribution in [2.24, 2.45) is 0 Å². The Labute approximate surface area is 115 Å². The van der Waals surface area contributed by atoms with E-state index in [1.807, 2.05) is 12.1 Å². The van der Waals surface area contributed by atoms with E-state index in [1.54, 1.807) is 6.07 Å². The molecule has 3 heteroatoms. The Kier molecular flexibility index (Phi) is 3.69. The molecule has 0 saturated heterocycles. The molecular weight excluding hydrogens is 288 g/mol. The van der Waals surface area contributed by atoms with Gasteiger partial charge in [-0.2, -0.15) is 5.26 Å². The fourth-order valence-corrected chi connectivity index (χ4v) is 2.26. The molecule has 0 atom stereocenters. The fourth-order valence-electron chi connectivity index (χ4n) is 1.79. The van der Waals surface area contributed by atoms with E-state index in [4.69, 9.17) is 5.26 Å².